The molecule has 2 heterocycles. The highest BCUT2D eigenvalue weighted by molar-refractivity contribution is 5.39. The molecule has 1 saturated heterocycles. The first-order valence-corrected chi connectivity index (χ1v) is 7.41. The zero-order valence-electron chi connectivity index (χ0n) is 11.5. The minimum Gasteiger partial charge on any atom is -0.392 e. The number of anilines is 1. The molecule has 104 valence electrons. The molecule has 2 aliphatic rings. The molecule has 1 aliphatic carbocycles. The van der Waals surface area contributed by atoms with Crippen LogP contribution in [0.4, 0.5) is 5.82 Å². The molecule has 0 radical (unpaired) electrons. The molecule has 19 heavy (non-hydrogen) atoms. The monoisotopic (exact) mass is 261 g/mol. The van der Waals surface area contributed by atoms with Crippen LogP contribution in [0.5, 0.6) is 0 Å². The number of rotatable bonds is 3. The third-order valence-corrected chi connectivity index (χ3v) is 4.47. The summed E-state index contributed by atoms with van der Waals surface area (Å²) in [5.41, 5.74) is 0.883. The summed E-state index contributed by atoms with van der Waals surface area (Å²) in [6.45, 7) is 4.54. The molecular formula is C15H23N3O. The summed E-state index contributed by atoms with van der Waals surface area (Å²) in [6, 6.07) is 4.83. The molecule has 1 aromatic heterocycles. The average Bonchev–Trinajstić information content (AvgIpc) is 3.02. The van der Waals surface area contributed by atoms with Gasteiger partial charge in [0.05, 0.1) is 6.61 Å². The van der Waals surface area contributed by atoms with Crippen molar-refractivity contribution in [1.29, 1.82) is 0 Å². The molecular weight excluding hydrogens is 238 g/mol. The van der Waals surface area contributed by atoms with Gasteiger partial charge in [-0.05, 0) is 24.5 Å². The fraction of sp³-hybridized carbons (Fsp3) is 0.667. The molecule has 1 saturated carbocycles. The van der Waals surface area contributed by atoms with Gasteiger partial charge in [-0.25, -0.2) is 4.98 Å². The Morgan fingerprint density at radius 1 is 1.11 bits per heavy atom. The van der Waals surface area contributed by atoms with E-state index in [4.69, 9.17) is 5.11 Å². The van der Waals surface area contributed by atoms with Gasteiger partial charge in [-0.3, -0.25) is 4.90 Å². The Bertz CT molecular complexity index is 392. The third-order valence-electron chi connectivity index (χ3n) is 4.47. The summed E-state index contributed by atoms with van der Waals surface area (Å²) in [4.78, 5) is 9.46. The minimum absolute atomic E-state index is 0.0722. The first-order valence-electron chi connectivity index (χ1n) is 7.41. The topological polar surface area (TPSA) is 39.6 Å². The summed E-state index contributed by atoms with van der Waals surface area (Å²) in [5.74, 6) is 1.04. The van der Waals surface area contributed by atoms with Gasteiger partial charge in [-0.1, -0.05) is 18.9 Å². The van der Waals surface area contributed by atoms with Crippen molar-refractivity contribution >= 4 is 5.82 Å². The van der Waals surface area contributed by atoms with Crippen LogP contribution in [0.15, 0.2) is 18.3 Å². The van der Waals surface area contributed by atoms with Crippen LogP contribution < -0.4 is 4.90 Å². The quantitative estimate of drug-likeness (QED) is 0.898. The molecule has 0 spiro atoms. The van der Waals surface area contributed by atoms with E-state index in [1.165, 1.54) is 25.7 Å². The van der Waals surface area contributed by atoms with Crippen molar-refractivity contribution in [3.05, 3.63) is 23.9 Å². The molecule has 4 heteroatoms. The predicted molar refractivity (Wildman–Crippen MR) is 76.2 cm³/mol. The van der Waals surface area contributed by atoms with E-state index in [0.717, 1.165) is 43.6 Å². The van der Waals surface area contributed by atoms with Crippen molar-refractivity contribution < 1.29 is 5.11 Å². The van der Waals surface area contributed by atoms with E-state index >= 15 is 0 Å². The number of hydrogen-bond acceptors (Lipinski definition) is 4. The Morgan fingerprint density at radius 2 is 1.84 bits per heavy atom. The van der Waals surface area contributed by atoms with Gasteiger partial charge in [0, 0.05) is 38.4 Å². The zero-order valence-corrected chi connectivity index (χ0v) is 11.5. The molecule has 1 aromatic rings. The van der Waals surface area contributed by atoms with Gasteiger partial charge in [0.25, 0.3) is 0 Å². The third kappa shape index (κ3) is 2.90. The van der Waals surface area contributed by atoms with Crippen LogP contribution in [0.25, 0.3) is 0 Å². The molecule has 0 aromatic carbocycles. The molecule has 0 unspecified atom stereocenters. The van der Waals surface area contributed by atoms with Gasteiger partial charge in [-0.15, -0.1) is 0 Å². The maximum Gasteiger partial charge on any atom is 0.128 e. The summed E-state index contributed by atoms with van der Waals surface area (Å²) < 4.78 is 0. The van der Waals surface area contributed by atoms with Gasteiger partial charge >= 0.3 is 0 Å². The SMILES string of the molecule is OCc1ccc(N2CCN(C3CCCC3)CC2)nc1. The number of hydrogen-bond donors (Lipinski definition) is 1. The van der Waals surface area contributed by atoms with Crippen LogP contribution in [0, 0.1) is 0 Å². The molecule has 4 nitrogen and oxygen atoms in total. The molecule has 3 rings (SSSR count). The molecule has 2 fully saturated rings. The minimum atomic E-state index is 0.0722. The van der Waals surface area contributed by atoms with Crippen molar-refractivity contribution in [2.75, 3.05) is 31.1 Å². The Balaban J connectivity index is 1.56. The summed E-state index contributed by atoms with van der Waals surface area (Å²) >= 11 is 0. The van der Waals surface area contributed by atoms with Crippen molar-refractivity contribution in [3.63, 3.8) is 0 Å². The van der Waals surface area contributed by atoms with Gasteiger partial charge < -0.3 is 10.0 Å². The Morgan fingerprint density at radius 3 is 2.42 bits per heavy atom. The molecule has 1 N–H and O–H groups in total. The van der Waals surface area contributed by atoms with Crippen LogP contribution in [-0.2, 0) is 6.61 Å². The zero-order chi connectivity index (χ0) is 13.1. The molecule has 0 bridgehead atoms. The van der Waals surface area contributed by atoms with E-state index in [9.17, 15) is 0 Å². The van der Waals surface area contributed by atoms with Crippen LogP contribution in [-0.4, -0.2) is 47.2 Å². The smallest absolute Gasteiger partial charge is 0.128 e. The first kappa shape index (κ1) is 12.9. The summed E-state index contributed by atoms with van der Waals surface area (Å²) in [7, 11) is 0. The van der Waals surface area contributed by atoms with E-state index in [-0.39, 0.29) is 6.61 Å². The lowest BCUT2D eigenvalue weighted by Gasteiger charge is -2.38. The maximum absolute atomic E-state index is 9.03. The highest BCUT2D eigenvalue weighted by Crippen LogP contribution is 2.25. The van der Waals surface area contributed by atoms with Crippen molar-refractivity contribution in [1.82, 2.24) is 9.88 Å². The highest BCUT2D eigenvalue weighted by Gasteiger charge is 2.26. The number of aliphatic hydroxyl groups is 1. The first-order chi connectivity index (χ1) is 9.36. The van der Waals surface area contributed by atoms with Crippen LogP contribution in [0.3, 0.4) is 0 Å². The normalized spacial score (nSPS) is 22.1. The standard InChI is InChI=1S/C15H23N3O/c19-12-13-5-6-15(16-11-13)18-9-7-17(8-10-18)14-3-1-2-4-14/h5-6,11,14,19H,1-4,7-10,12H2. The number of aliphatic hydroxyl groups excluding tert-OH is 1. The van der Waals surface area contributed by atoms with Crippen molar-refractivity contribution in [3.8, 4) is 0 Å². The number of nitrogens with zero attached hydrogens (tertiary/aromatic N) is 3. The van der Waals surface area contributed by atoms with E-state index in [1.807, 2.05) is 12.1 Å². The van der Waals surface area contributed by atoms with Gasteiger partial charge in [-0.2, -0.15) is 0 Å². The lowest BCUT2D eigenvalue weighted by atomic mass is 10.2. The predicted octanol–water partition coefficient (Wildman–Crippen LogP) is 1.64. The Hall–Kier alpha value is -1.13. The van der Waals surface area contributed by atoms with Gasteiger partial charge in [0.15, 0.2) is 0 Å². The number of pyridine rings is 1. The second kappa shape index (κ2) is 5.88. The van der Waals surface area contributed by atoms with E-state index in [2.05, 4.69) is 14.8 Å². The van der Waals surface area contributed by atoms with Crippen molar-refractivity contribution in [2.45, 2.75) is 38.3 Å². The van der Waals surface area contributed by atoms with Crippen LogP contribution in [0.1, 0.15) is 31.2 Å². The largest absolute Gasteiger partial charge is 0.392 e. The van der Waals surface area contributed by atoms with E-state index < -0.39 is 0 Å². The van der Waals surface area contributed by atoms with Gasteiger partial charge in [0.1, 0.15) is 5.82 Å². The van der Waals surface area contributed by atoms with Gasteiger partial charge in [0.2, 0.25) is 0 Å². The molecule has 1 aliphatic heterocycles. The second-order valence-corrected chi connectivity index (χ2v) is 5.64. The summed E-state index contributed by atoms with van der Waals surface area (Å²) in [6.07, 6.45) is 7.38. The summed E-state index contributed by atoms with van der Waals surface area (Å²) in [5, 5.41) is 9.03. The Labute approximate surface area is 115 Å². The van der Waals surface area contributed by atoms with Crippen LogP contribution >= 0.6 is 0 Å². The number of aromatic nitrogens is 1. The van der Waals surface area contributed by atoms with Crippen LogP contribution in [0.2, 0.25) is 0 Å². The fourth-order valence-corrected chi connectivity index (χ4v) is 3.28. The highest BCUT2D eigenvalue weighted by atomic mass is 16.3. The lowest BCUT2D eigenvalue weighted by Crippen LogP contribution is -2.49. The Kier molecular flexibility index (Phi) is 3.99. The van der Waals surface area contributed by atoms with Crippen molar-refractivity contribution in [2.24, 2.45) is 0 Å². The second-order valence-electron chi connectivity index (χ2n) is 5.64. The molecule has 0 amide bonds. The lowest BCUT2D eigenvalue weighted by molar-refractivity contribution is 0.187. The van der Waals surface area contributed by atoms with E-state index in [1.54, 1.807) is 6.20 Å². The number of piperazine rings is 1. The molecule has 0 atom stereocenters. The fourth-order valence-electron chi connectivity index (χ4n) is 3.28. The maximum atomic E-state index is 9.03. The van der Waals surface area contributed by atoms with E-state index in [0.29, 0.717) is 0 Å². The average molecular weight is 261 g/mol.